The molecule has 17 heavy (non-hydrogen) atoms. The molecule has 2 aliphatic heterocycles. The molecular formula is C14H26N2O. The van der Waals surface area contributed by atoms with Crippen LogP contribution in [0.15, 0.2) is 0 Å². The van der Waals surface area contributed by atoms with Crippen molar-refractivity contribution in [1.82, 2.24) is 10.2 Å². The van der Waals surface area contributed by atoms with Gasteiger partial charge in [0.25, 0.3) is 0 Å². The van der Waals surface area contributed by atoms with Crippen LogP contribution in [0.4, 0.5) is 0 Å². The summed E-state index contributed by atoms with van der Waals surface area (Å²) < 4.78 is 0. The number of carbonyl (C=O) groups excluding carboxylic acids is 1. The molecule has 2 saturated heterocycles. The number of nitrogens with zero attached hydrogens (tertiary/aromatic N) is 1. The van der Waals surface area contributed by atoms with E-state index in [1.165, 1.54) is 12.8 Å². The summed E-state index contributed by atoms with van der Waals surface area (Å²) in [6, 6.07) is 0. The van der Waals surface area contributed by atoms with Crippen molar-refractivity contribution in [1.29, 1.82) is 0 Å². The molecule has 98 valence electrons. The molecule has 3 heteroatoms. The highest BCUT2D eigenvalue weighted by Crippen LogP contribution is 2.33. The molecule has 0 radical (unpaired) electrons. The third-order valence-corrected chi connectivity index (χ3v) is 4.55. The number of nitrogens with one attached hydrogen (secondary N) is 1. The maximum absolute atomic E-state index is 12.7. The molecule has 0 aromatic rings. The van der Waals surface area contributed by atoms with E-state index in [-0.39, 0.29) is 5.41 Å². The second-order valence-corrected chi connectivity index (χ2v) is 5.91. The van der Waals surface area contributed by atoms with E-state index < -0.39 is 0 Å². The van der Waals surface area contributed by atoms with Gasteiger partial charge in [0.05, 0.1) is 5.41 Å². The van der Waals surface area contributed by atoms with E-state index in [0.717, 1.165) is 45.4 Å². The second-order valence-electron chi connectivity index (χ2n) is 5.91. The fraction of sp³-hybridized carbons (Fsp3) is 0.929. The zero-order valence-electron chi connectivity index (χ0n) is 11.3. The summed E-state index contributed by atoms with van der Waals surface area (Å²) in [6.07, 6.45) is 5.65. The van der Waals surface area contributed by atoms with E-state index in [0.29, 0.717) is 11.8 Å². The third kappa shape index (κ3) is 2.65. The SMILES string of the molecule is CCC1(C(=O)N2CCCC(C)C2)CCCNC1. The number of piperidine rings is 2. The molecular weight excluding hydrogens is 212 g/mol. The van der Waals surface area contributed by atoms with Crippen LogP contribution in [0, 0.1) is 11.3 Å². The molecule has 2 aliphatic rings. The largest absolute Gasteiger partial charge is 0.342 e. The minimum absolute atomic E-state index is 0.102. The monoisotopic (exact) mass is 238 g/mol. The summed E-state index contributed by atoms with van der Waals surface area (Å²) in [4.78, 5) is 14.9. The molecule has 0 aromatic carbocycles. The maximum atomic E-state index is 12.7. The topological polar surface area (TPSA) is 32.3 Å². The molecule has 0 spiro atoms. The predicted octanol–water partition coefficient (Wildman–Crippen LogP) is 2.02. The molecule has 0 aliphatic carbocycles. The number of hydrogen-bond acceptors (Lipinski definition) is 2. The number of carbonyl (C=O) groups is 1. The second kappa shape index (κ2) is 5.38. The molecule has 3 nitrogen and oxygen atoms in total. The van der Waals surface area contributed by atoms with E-state index in [1.807, 2.05) is 0 Å². The van der Waals surface area contributed by atoms with E-state index >= 15 is 0 Å². The van der Waals surface area contributed by atoms with Gasteiger partial charge < -0.3 is 10.2 Å². The van der Waals surface area contributed by atoms with Crippen LogP contribution in [0.25, 0.3) is 0 Å². The first-order valence-electron chi connectivity index (χ1n) is 7.18. The van der Waals surface area contributed by atoms with Crippen molar-refractivity contribution in [3.8, 4) is 0 Å². The van der Waals surface area contributed by atoms with Gasteiger partial charge in [0.1, 0.15) is 0 Å². The maximum Gasteiger partial charge on any atom is 0.230 e. The fourth-order valence-electron chi connectivity index (χ4n) is 3.31. The molecule has 1 amide bonds. The number of amides is 1. The number of hydrogen-bond donors (Lipinski definition) is 1. The Labute approximate surface area is 105 Å². The lowest BCUT2D eigenvalue weighted by Gasteiger charge is -2.42. The molecule has 2 unspecified atom stereocenters. The van der Waals surface area contributed by atoms with E-state index in [2.05, 4.69) is 24.1 Å². The van der Waals surface area contributed by atoms with Gasteiger partial charge >= 0.3 is 0 Å². The van der Waals surface area contributed by atoms with Crippen molar-refractivity contribution in [3.63, 3.8) is 0 Å². The summed E-state index contributed by atoms with van der Waals surface area (Å²) in [5.41, 5.74) is -0.102. The summed E-state index contributed by atoms with van der Waals surface area (Å²) in [5, 5.41) is 3.41. The lowest BCUT2D eigenvalue weighted by atomic mass is 9.76. The Kier molecular flexibility index (Phi) is 4.08. The first kappa shape index (κ1) is 12.9. The smallest absolute Gasteiger partial charge is 0.230 e. The first-order valence-corrected chi connectivity index (χ1v) is 7.18. The Hall–Kier alpha value is -0.570. The molecule has 1 N–H and O–H groups in total. The van der Waals surface area contributed by atoms with Crippen molar-refractivity contribution in [3.05, 3.63) is 0 Å². The van der Waals surface area contributed by atoms with Crippen LogP contribution in [0.5, 0.6) is 0 Å². The highest BCUT2D eigenvalue weighted by molar-refractivity contribution is 5.83. The molecule has 2 atom stereocenters. The predicted molar refractivity (Wildman–Crippen MR) is 69.8 cm³/mol. The van der Waals surface area contributed by atoms with Gasteiger partial charge in [0.15, 0.2) is 0 Å². The first-order chi connectivity index (χ1) is 8.18. The normalized spacial score (nSPS) is 34.7. The van der Waals surface area contributed by atoms with E-state index in [9.17, 15) is 4.79 Å². The highest BCUT2D eigenvalue weighted by atomic mass is 16.2. The summed E-state index contributed by atoms with van der Waals surface area (Å²) in [7, 11) is 0. The number of rotatable bonds is 2. The van der Waals surface area contributed by atoms with Crippen molar-refractivity contribution in [2.75, 3.05) is 26.2 Å². The van der Waals surface area contributed by atoms with Crippen LogP contribution in [-0.4, -0.2) is 37.0 Å². The van der Waals surface area contributed by atoms with Gasteiger partial charge in [-0.1, -0.05) is 13.8 Å². The van der Waals surface area contributed by atoms with Crippen LogP contribution >= 0.6 is 0 Å². The van der Waals surface area contributed by atoms with Gasteiger partial charge in [-0.15, -0.1) is 0 Å². The summed E-state index contributed by atoms with van der Waals surface area (Å²) in [6.45, 7) is 8.33. The zero-order valence-corrected chi connectivity index (χ0v) is 11.3. The molecule has 2 heterocycles. The molecule has 0 saturated carbocycles. The van der Waals surface area contributed by atoms with Gasteiger partial charge in [-0.25, -0.2) is 0 Å². The van der Waals surface area contributed by atoms with Crippen LogP contribution in [0.3, 0.4) is 0 Å². The Balaban J connectivity index is 2.05. The van der Waals surface area contributed by atoms with Crippen molar-refractivity contribution in [2.45, 2.75) is 46.0 Å². The lowest BCUT2D eigenvalue weighted by Crippen LogP contribution is -2.53. The molecule has 2 rings (SSSR count). The van der Waals surface area contributed by atoms with Gasteiger partial charge in [-0.2, -0.15) is 0 Å². The standard InChI is InChI=1S/C14H26N2O/c1-3-14(7-5-8-15-11-14)13(17)16-9-4-6-12(2)10-16/h12,15H,3-11H2,1-2H3. The van der Waals surface area contributed by atoms with Gasteiger partial charge in [0, 0.05) is 19.6 Å². The fourth-order valence-corrected chi connectivity index (χ4v) is 3.31. The Morgan fingerprint density at radius 1 is 1.47 bits per heavy atom. The van der Waals surface area contributed by atoms with Gasteiger partial charge in [-0.05, 0) is 44.6 Å². The Morgan fingerprint density at radius 3 is 2.88 bits per heavy atom. The Bertz CT molecular complexity index is 271. The third-order valence-electron chi connectivity index (χ3n) is 4.55. The molecule has 2 fully saturated rings. The average Bonchev–Trinajstić information content (AvgIpc) is 2.38. The summed E-state index contributed by atoms with van der Waals surface area (Å²) >= 11 is 0. The van der Waals surface area contributed by atoms with Crippen molar-refractivity contribution in [2.24, 2.45) is 11.3 Å². The van der Waals surface area contributed by atoms with E-state index in [1.54, 1.807) is 0 Å². The average molecular weight is 238 g/mol. The van der Waals surface area contributed by atoms with Crippen LogP contribution in [-0.2, 0) is 4.79 Å². The zero-order chi connectivity index (χ0) is 12.3. The number of likely N-dealkylation sites (tertiary alicyclic amines) is 1. The van der Waals surface area contributed by atoms with Crippen LogP contribution in [0.2, 0.25) is 0 Å². The van der Waals surface area contributed by atoms with Crippen LogP contribution < -0.4 is 5.32 Å². The van der Waals surface area contributed by atoms with E-state index in [4.69, 9.17) is 0 Å². The quantitative estimate of drug-likeness (QED) is 0.798. The Morgan fingerprint density at radius 2 is 2.29 bits per heavy atom. The minimum atomic E-state index is -0.102. The molecule has 0 bridgehead atoms. The summed E-state index contributed by atoms with van der Waals surface area (Å²) in [5.74, 6) is 1.09. The minimum Gasteiger partial charge on any atom is -0.342 e. The van der Waals surface area contributed by atoms with Crippen molar-refractivity contribution < 1.29 is 4.79 Å². The highest BCUT2D eigenvalue weighted by Gasteiger charge is 2.41. The van der Waals surface area contributed by atoms with Crippen LogP contribution in [0.1, 0.15) is 46.0 Å². The van der Waals surface area contributed by atoms with Gasteiger partial charge in [-0.3, -0.25) is 4.79 Å². The lowest BCUT2D eigenvalue weighted by molar-refractivity contribution is -0.145. The molecule has 0 aromatic heterocycles. The van der Waals surface area contributed by atoms with Crippen molar-refractivity contribution >= 4 is 5.91 Å². The van der Waals surface area contributed by atoms with Gasteiger partial charge in [0.2, 0.25) is 5.91 Å².